The Balaban J connectivity index is 1.83. The second-order valence-corrected chi connectivity index (χ2v) is 8.75. The second kappa shape index (κ2) is 7.43. The lowest BCUT2D eigenvalue weighted by Gasteiger charge is -2.24. The topological polar surface area (TPSA) is 54.5 Å². The fourth-order valence-electron chi connectivity index (χ4n) is 3.07. The van der Waals surface area contributed by atoms with Gasteiger partial charge in [0.2, 0.25) is 5.91 Å². The monoisotopic (exact) mass is 341 g/mol. The third-order valence-electron chi connectivity index (χ3n) is 4.46. The van der Waals surface area contributed by atoms with Gasteiger partial charge in [-0.1, -0.05) is 25.1 Å². The van der Waals surface area contributed by atoms with E-state index in [1.54, 1.807) is 30.1 Å². The molecule has 0 radical (unpaired) electrons. The SMILES string of the molecule is C[C@@H](CCc1ccccc1F)C(=O)N(C)C[C@H]1CCS(=O)(=O)C1. The molecular weight excluding hydrogens is 317 g/mol. The standard InChI is InChI=1S/C17H24FNO3S/c1-13(7-8-15-5-3-4-6-16(15)18)17(20)19(2)11-14-9-10-23(21,22)12-14/h3-6,13-14H,7-12H2,1-2H3/t13-,14+/m0/s1. The molecule has 0 aliphatic carbocycles. The van der Waals surface area contributed by atoms with Crippen LogP contribution < -0.4 is 0 Å². The molecule has 1 saturated heterocycles. The van der Waals surface area contributed by atoms with E-state index in [1.807, 2.05) is 6.92 Å². The molecule has 0 unspecified atom stereocenters. The number of amides is 1. The van der Waals surface area contributed by atoms with Crippen molar-refractivity contribution in [2.45, 2.75) is 26.2 Å². The average molecular weight is 341 g/mol. The van der Waals surface area contributed by atoms with E-state index in [0.717, 1.165) is 0 Å². The van der Waals surface area contributed by atoms with E-state index in [2.05, 4.69) is 0 Å². The van der Waals surface area contributed by atoms with Gasteiger partial charge in [-0.25, -0.2) is 12.8 Å². The predicted molar refractivity (Wildman–Crippen MR) is 88.3 cm³/mol. The quantitative estimate of drug-likeness (QED) is 0.798. The Morgan fingerprint density at radius 3 is 2.70 bits per heavy atom. The van der Waals surface area contributed by atoms with Gasteiger partial charge < -0.3 is 4.90 Å². The Morgan fingerprint density at radius 1 is 1.39 bits per heavy atom. The van der Waals surface area contributed by atoms with E-state index >= 15 is 0 Å². The Labute approximate surface area is 137 Å². The number of halogens is 1. The van der Waals surface area contributed by atoms with Crippen LogP contribution in [0, 0.1) is 17.7 Å². The first-order chi connectivity index (χ1) is 10.8. The molecule has 1 heterocycles. The fraction of sp³-hybridized carbons (Fsp3) is 0.588. The summed E-state index contributed by atoms with van der Waals surface area (Å²) in [5.41, 5.74) is 0.622. The van der Waals surface area contributed by atoms with Crippen molar-refractivity contribution < 1.29 is 17.6 Å². The molecular formula is C17H24FNO3S. The number of hydrogen-bond donors (Lipinski definition) is 0. The summed E-state index contributed by atoms with van der Waals surface area (Å²) in [5, 5.41) is 0. The maximum atomic E-state index is 13.6. The van der Waals surface area contributed by atoms with E-state index in [4.69, 9.17) is 0 Å². The minimum absolute atomic E-state index is 0.00867. The smallest absolute Gasteiger partial charge is 0.225 e. The molecule has 23 heavy (non-hydrogen) atoms. The first-order valence-electron chi connectivity index (χ1n) is 7.97. The Kier molecular flexibility index (Phi) is 5.79. The number of hydrogen-bond acceptors (Lipinski definition) is 3. The first-order valence-corrected chi connectivity index (χ1v) is 9.79. The zero-order valence-corrected chi connectivity index (χ0v) is 14.5. The van der Waals surface area contributed by atoms with Gasteiger partial charge >= 0.3 is 0 Å². The van der Waals surface area contributed by atoms with Crippen LogP contribution in [-0.4, -0.2) is 44.3 Å². The minimum Gasteiger partial charge on any atom is -0.345 e. The van der Waals surface area contributed by atoms with Crippen molar-refractivity contribution in [2.75, 3.05) is 25.1 Å². The molecule has 1 amide bonds. The van der Waals surface area contributed by atoms with E-state index in [1.165, 1.54) is 6.07 Å². The van der Waals surface area contributed by atoms with Crippen LogP contribution in [0.1, 0.15) is 25.3 Å². The number of aryl methyl sites for hydroxylation is 1. The highest BCUT2D eigenvalue weighted by Gasteiger charge is 2.30. The second-order valence-electron chi connectivity index (χ2n) is 6.52. The van der Waals surface area contributed by atoms with Gasteiger partial charge in [-0.2, -0.15) is 0 Å². The third-order valence-corrected chi connectivity index (χ3v) is 6.30. The lowest BCUT2D eigenvalue weighted by atomic mass is 9.99. The summed E-state index contributed by atoms with van der Waals surface area (Å²) < 4.78 is 36.5. The van der Waals surface area contributed by atoms with Crippen LogP contribution in [0.4, 0.5) is 4.39 Å². The van der Waals surface area contributed by atoms with Gasteiger partial charge in [0.15, 0.2) is 9.84 Å². The van der Waals surface area contributed by atoms with Crippen LogP contribution in [0.25, 0.3) is 0 Å². The fourth-order valence-corrected chi connectivity index (χ4v) is 4.92. The number of nitrogens with zero attached hydrogens (tertiary/aromatic N) is 1. The normalized spacial score (nSPS) is 21.1. The van der Waals surface area contributed by atoms with E-state index in [-0.39, 0.29) is 35.1 Å². The number of carbonyl (C=O) groups is 1. The number of rotatable bonds is 6. The molecule has 4 nitrogen and oxygen atoms in total. The minimum atomic E-state index is -2.92. The summed E-state index contributed by atoms with van der Waals surface area (Å²) in [4.78, 5) is 14.0. The maximum absolute atomic E-state index is 13.6. The molecule has 0 saturated carbocycles. The number of carbonyl (C=O) groups excluding carboxylic acids is 1. The summed E-state index contributed by atoms with van der Waals surface area (Å²) in [6.45, 7) is 2.31. The molecule has 0 aromatic heterocycles. The molecule has 1 aromatic rings. The van der Waals surface area contributed by atoms with Gasteiger partial charge in [0.1, 0.15) is 5.82 Å². The summed E-state index contributed by atoms with van der Waals surface area (Å²) >= 11 is 0. The lowest BCUT2D eigenvalue weighted by molar-refractivity contribution is -0.134. The lowest BCUT2D eigenvalue weighted by Crippen LogP contribution is -2.36. The Morgan fingerprint density at radius 2 is 2.09 bits per heavy atom. The first kappa shape index (κ1) is 17.9. The van der Waals surface area contributed by atoms with Gasteiger partial charge in [-0.15, -0.1) is 0 Å². The molecule has 128 valence electrons. The summed E-state index contributed by atoms with van der Waals surface area (Å²) in [7, 11) is -1.20. The van der Waals surface area contributed by atoms with Crippen LogP contribution in [0.15, 0.2) is 24.3 Å². The summed E-state index contributed by atoms with van der Waals surface area (Å²) in [5.74, 6) is -0.0239. The molecule has 2 rings (SSSR count). The molecule has 1 aliphatic heterocycles. The van der Waals surface area contributed by atoms with Crippen LogP contribution >= 0.6 is 0 Å². The van der Waals surface area contributed by atoms with Crippen molar-refractivity contribution in [2.24, 2.45) is 11.8 Å². The van der Waals surface area contributed by atoms with E-state index in [0.29, 0.717) is 31.4 Å². The molecule has 0 spiro atoms. The highest BCUT2D eigenvalue weighted by atomic mass is 32.2. The number of sulfone groups is 1. The Hall–Kier alpha value is -1.43. The number of benzene rings is 1. The predicted octanol–water partition coefficient (Wildman–Crippen LogP) is 2.29. The van der Waals surface area contributed by atoms with Crippen molar-refractivity contribution in [3.63, 3.8) is 0 Å². The molecule has 2 atom stereocenters. The van der Waals surface area contributed by atoms with Crippen molar-refractivity contribution in [1.82, 2.24) is 4.90 Å². The largest absolute Gasteiger partial charge is 0.345 e. The average Bonchev–Trinajstić information content (AvgIpc) is 2.84. The molecule has 0 N–H and O–H groups in total. The van der Waals surface area contributed by atoms with Gasteiger partial charge in [0, 0.05) is 19.5 Å². The van der Waals surface area contributed by atoms with Gasteiger partial charge in [0.05, 0.1) is 11.5 Å². The Bertz CT molecular complexity index is 660. The van der Waals surface area contributed by atoms with Crippen LogP contribution in [-0.2, 0) is 21.1 Å². The van der Waals surface area contributed by atoms with Crippen LogP contribution in [0.3, 0.4) is 0 Å². The van der Waals surface area contributed by atoms with Gasteiger partial charge in [-0.3, -0.25) is 4.79 Å². The van der Waals surface area contributed by atoms with Crippen molar-refractivity contribution in [3.8, 4) is 0 Å². The van der Waals surface area contributed by atoms with Gasteiger partial charge in [-0.05, 0) is 36.8 Å². The van der Waals surface area contributed by atoms with Crippen molar-refractivity contribution in [1.29, 1.82) is 0 Å². The van der Waals surface area contributed by atoms with Crippen molar-refractivity contribution in [3.05, 3.63) is 35.6 Å². The van der Waals surface area contributed by atoms with Crippen LogP contribution in [0.2, 0.25) is 0 Å². The molecule has 0 bridgehead atoms. The molecule has 6 heteroatoms. The molecule has 1 aromatic carbocycles. The summed E-state index contributed by atoms with van der Waals surface area (Å²) in [6, 6.07) is 6.60. The zero-order chi connectivity index (χ0) is 17.0. The van der Waals surface area contributed by atoms with Gasteiger partial charge in [0.25, 0.3) is 0 Å². The summed E-state index contributed by atoms with van der Waals surface area (Å²) in [6.07, 6.45) is 1.72. The van der Waals surface area contributed by atoms with Crippen LogP contribution in [0.5, 0.6) is 0 Å². The van der Waals surface area contributed by atoms with E-state index < -0.39 is 9.84 Å². The highest BCUT2D eigenvalue weighted by molar-refractivity contribution is 7.91. The molecule has 1 fully saturated rings. The molecule has 1 aliphatic rings. The third kappa shape index (κ3) is 5.03. The van der Waals surface area contributed by atoms with E-state index in [9.17, 15) is 17.6 Å². The highest BCUT2D eigenvalue weighted by Crippen LogP contribution is 2.20. The van der Waals surface area contributed by atoms with Crippen molar-refractivity contribution >= 4 is 15.7 Å². The maximum Gasteiger partial charge on any atom is 0.225 e. The zero-order valence-electron chi connectivity index (χ0n) is 13.7.